The van der Waals surface area contributed by atoms with Gasteiger partial charge < -0.3 is 5.11 Å². The first-order valence-electron chi connectivity index (χ1n) is 4.93. The predicted octanol–water partition coefficient (Wildman–Crippen LogP) is 4.69. The van der Waals surface area contributed by atoms with Gasteiger partial charge in [0.05, 0.1) is 6.10 Å². The molecule has 5 heteroatoms. The number of rotatable bonds is 3. The summed E-state index contributed by atoms with van der Waals surface area (Å²) in [6.07, 6.45) is -0.236. The summed E-state index contributed by atoms with van der Waals surface area (Å²) in [6.45, 7) is 0. The van der Waals surface area contributed by atoms with Gasteiger partial charge in [-0.2, -0.15) is 0 Å². The number of thiophene rings is 1. The van der Waals surface area contributed by atoms with Crippen LogP contribution in [0.2, 0.25) is 0 Å². The maximum absolute atomic E-state index is 13.1. The molecule has 0 saturated carbocycles. The molecule has 0 amide bonds. The monoisotopic (exact) mass is 378 g/mol. The Kier molecular flexibility index (Phi) is 4.36. The molecule has 0 aliphatic heterocycles. The van der Waals surface area contributed by atoms with E-state index in [1.54, 1.807) is 6.07 Å². The molecule has 90 valence electrons. The minimum atomic E-state index is -0.623. The van der Waals surface area contributed by atoms with Crippen LogP contribution in [0.25, 0.3) is 0 Å². The fraction of sp³-hybridized carbons (Fsp3) is 0.167. The zero-order chi connectivity index (χ0) is 12.4. The summed E-state index contributed by atoms with van der Waals surface area (Å²) in [5.74, 6) is -0.291. The van der Waals surface area contributed by atoms with Gasteiger partial charge in [0.25, 0.3) is 0 Å². The molecule has 1 nitrogen and oxygen atoms in total. The summed E-state index contributed by atoms with van der Waals surface area (Å²) in [5, 5.41) is 12.0. The summed E-state index contributed by atoms with van der Waals surface area (Å²) < 4.78 is 14.8. The molecule has 2 aromatic rings. The van der Waals surface area contributed by atoms with Crippen molar-refractivity contribution in [2.45, 2.75) is 12.5 Å². The van der Waals surface area contributed by atoms with Gasteiger partial charge in [0.15, 0.2) is 0 Å². The Morgan fingerprint density at radius 2 is 2.00 bits per heavy atom. The van der Waals surface area contributed by atoms with Crippen molar-refractivity contribution in [3.05, 3.63) is 54.8 Å². The number of hydrogen-bond donors (Lipinski definition) is 1. The Hall–Kier alpha value is -0.230. The third-order valence-corrected chi connectivity index (χ3v) is 5.11. The van der Waals surface area contributed by atoms with Crippen LogP contribution in [0.5, 0.6) is 0 Å². The molecule has 1 aromatic carbocycles. The van der Waals surface area contributed by atoms with Crippen molar-refractivity contribution in [3.63, 3.8) is 0 Å². The number of halogens is 3. The Morgan fingerprint density at radius 3 is 2.65 bits per heavy atom. The second-order valence-electron chi connectivity index (χ2n) is 3.59. The van der Waals surface area contributed by atoms with E-state index < -0.39 is 6.10 Å². The standard InChI is InChI=1S/C12H9Br2FOS/c13-9-2-1-8(15)5-7(9)6-11(16)12-10(14)3-4-17-12/h1-5,11,16H,6H2. The fourth-order valence-corrected chi connectivity index (χ4v) is 3.58. The van der Waals surface area contributed by atoms with Gasteiger partial charge in [-0.05, 0) is 51.1 Å². The molecule has 0 aliphatic rings. The van der Waals surface area contributed by atoms with Crippen LogP contribution in [0.1, 0.15) is 16.5 Å². The van der Waals surface area contributed by atoms with Gasteiger partial charge in [-0.25, -0.2) is 4.39 Å². The van der Waals surface area contributed by atoms with Crippen LogP contribution in [-0.2, 0) is 6.42 Å². The first-order chi connectivity index (χ1) is 8.08. The summed E-state index contributed by atoms with van der Waals surface area (Å²) in [7, 11) is 0. The van der Waals surface area contributed by atoms with Crippen molar-refractivity contribution in [1.82, 2.24) is 0 Å². The van der Waals surface area contributed by atoms with Crippen LogP contribution in [0, 0.1) is 5.82 Å². The lowest BCUT2D eigenvalue weighted by molar-refractivity contribution is 0.181. The molecule has 0 aliphatic carbocycles. The largest absolute Gasteiger partial charge is 0.387 e. The molecule has 1 atom stereocenters. The Labute approximate surface area is 120 Å². The molecule has 1 aromatic heterocycles. The van der Waals surface area contributed by atoms with Crippen LogP contribution < -0.4 is 0 Å². The Balaban J connectivity index is 2.21. The van der Waals surface area contributed by atoms with Crippen molar-refractivity contribution in [3.8, 4) is 0 Å². The van der Waals surface area contributed by atoms with Gasteiger partial charge in [-0.15, -0.1) is 11.3 Å². The molecule has 0 spiro atoms. The zero-order valence-electron chi connectivity index (χ0n) is 8.66. The van der Waals surface area contributed by atoms with Crippen molar-refractivity contribution < 1.29 is 9.50 Å². The predicted molar refractivity (Wildman–Crippen MR) is 74.8 cm³/mol. The number of aliphatic hydroxyl groups excluding tert-OH is 1. The molecular formula is C12H9Br2FOS. The molecule has 0 fully saturated rings. The fourth-order valence-electron chi connectivity index (χ4n) is 1.54. The highest BCUT2D eigenvalue weighted by Crippen LogP contribution is 2.32. The summed E-state index contributed by atoms with van der Waals surface area (Å²) >= 11 is 8.21. The average Bonchev–Trinajstić information content (AvgIpc) is 2.70. The van der Waals surface area contributed by atoms with E-state index in [4.69, 9.17) is 0 Å². The van der Waals surface area contributed by atoms with E-state index in [2.05, 4.69) is 31.9 Å². The molecule has 2 rings (SSSR count). The lowest BCUT2D eigenvalue weighted by Gasteiger charge is -2.11. The Morgan fingerprint density at radius 1 is 1.24 bits per heavy atom. The van der Waals surface area contributed by atoms with Crippen LogP contribution in [-0.4, -0.2) is 5.11 Å². The maximum Gasteiger partial charge on any atom is 0.123 e. The van der Waals surface area contributed by atoms with Crippen LogP contribution in [0.15, 0.2) is 38.6 Å². The molecular weight excluding hydrogens is 371 g/mol. The van der Waals surface area contributed by atoms with E-state index in [-0.39, 0.29) is 5.82 Å². The van der Waals surface area contributed by atoms with E-state index in [0.29, 0.717) is 6.42 Å². The lowest BCUT2D eigenvalue weighted by Crippen LogP contribution is -2.01. The smallest absolute Gasteiger partial charge is 0.123 e. The molecule has 1 N–H and O–H groups in total. The average molecular weight is 380 g/mol. The van der Waals surface area contributed by atoms with E-state index in [0.717, 1.165) is 19.4 Å². The molecule has 17 heavy (non-hydrogen) atoms. The van der Waals surface area contributed by atoms with Crippen molar-refractivity contribution in [1.29, 1.82) is 0 Å². The van der Waals surface area contributed by atoms with Crippen molar-refractivity contribution in [2.75, 3.05) is 0 Å². The third kappa shape index (κ3) is 3.16. The normalized spacial score (nSPS) is 12.7. The molecule has 1 unspecified atom stereocenters. The highest BCUT2D eigenvalue weighted by atomic mass is 79.9. The van der Waals surface area contributed by atoms with E-state index >= 15 is 0 Å². The third-order valence-electron chi connectivity index (χ3n) is 2.37. The first kappa shape index (κ1) is 13.2. The van der Waals surface area contributed by atoms with Gasteiger partial charge in [0, 0.05) is 20.2 Å². The van der Waals surface area contributed by atoms with Gasteiger partial charge in [-0.3, -0.25) is 0 Å². The second-order valence-corrected chi connectivity index (χ2v) is 6.24. The van der Waals surface area contributed by atoms with E-state index in [1.165, 1.54) is 23.5 Å². The first-order valence-corrected chi connectivity index (χ1v) is 7.39. The minimum absolute atomic E-state index is 0.291. The summed E-state index contributed by atoms with van der Waals surface area (Å²) in [6, 6.07) is 6.38. The second kappa shape index (κ2) is 5.61. The molecule has 0 bridgehead atoms. The highest BCUT2D eigenvalue weighted by Gasteiger charge is 2.15. The molecule has 1 heterocycles. The SMILES string of the molecule is OC(Cc1cc(F)ccc1Br)c1sccc1Br. The van der Waals surface area contributed by atoms with Crippen molar-refractivity contribution >= 4 is 43.2 Å². The quantitative estimate of drug-likeness (QED) is 0.820. The molecule has 0 radical (unpaired) electrons. The summed E-state index contributed by atoms with van der Waals surface area (Å²) in [4.78, 5) is 0.862. The minimum Gasteiger partial charge on any atom is -0.387 e. The van der Waals surface area contributed by atoms with Crippen molar-refractivity contribution in [2.24, 2.45) is 0 Å². The van der Waals surface area contributed by atoms with E-state index in [1.807, 2.05) is 11.4 Å². The lowest BCUT2D eigenvalue weighted by atomic mass is 10.1. The van der Waals surface area contributed by atoms with Gasteiger partial charge in [-0.1, -0.05) is 15.9 Å². The van der Waals surface area contributed by atoms with Gasteiger partial charge in [0.1, 0.15) is 5.82 Å². The summed E-state index contributed by atoms with van der Waals surface area (Å²) in [5.41, 5.74) is 0.762. The Bertz CT molecular complexity index is 527. The van der Waals surface area contributed by atoms with Crippen LogP contribution >= 0.6 is 43.2 Å². The molecule has 0 saturated heterocycles. The number of benzene rings is 1. The van der Waals surface area contributed by atoms with E-state index in [9.17, 15) is 9.50 Å². The van der Waals surface area contributed by atoms with Crippen LogP contribution in [0.3, 0.4) is 0 Å². The number of hydrogen-bond acceptors (Lipinski definition) is 2. The van der Waals surface area contributed by atoms with Gasteiger partial charge >= 0.3 is 0 Å². The van der Waals surface area contributed by atoms with Gasteiger partial charge in [0.2, 0.25) is 0 Å². The topological polar surface area (TPSA) is 20.2 Å². The maximum atomic E-state index is 13.1. The van der Waals surface area contributed by atoms with Crippen LogP contribution in [0.4, 0.5) is 4.39 Å². The number of aliphatic hydroxyl groups is 1. The highest BCUT2D eigenvalue weighted by molar-refractivity contribution is 9.10. The zero-order valence-corrected chi connectivity index (χ0v) is 12.6.